The van der Waals surface area contributed by atoms with E-state index >= 15 is 0 Å². The van der Waals surface area contributed by atoms with Gasteiger partial charge >= 0.3 is 0 Å². The van der Waals surface area contributed by atoms with Crippen LogP contribution in [0, 0.1) is 21.4 Å². The standard InChI is InChI=1S/C31H22N2O3/c32-22-30(25-16-18-28(19-17-25)33(35)36)29(24-12-6-2-7-13-24)20-27(23-10-4-1-5-11-23)21-31(34)26-14-8-3-9-15-26/h1-20H,21H2/b27-20+,30-29+. The second kappa shape index (κ2) is 11.4. The molecule has 0 fully saturated rings. The van der Waals surface area contributed by atoms with E-state index in [-0.39, 0.29) is 17.9 Å². The molecule has 0 amide bonds. The lowest BCUT2D eigenvalue weighted by atomic mass is 9.90. The van der Waals surface area contributed by atoms with Gasteiger partial charge in [-0.3, -0.25) is 14.9 Å². The zero-order valence-electron chi connectivity index (χ0n) is 19.4. The van der Waals surface area contributed by atoms with Crippen molar-refractivity contribution in [3.8, 4) is 6.07 Å². The first-order chi connectivity index (χ1) is 17.6. The average Bonchev–Trinajstić information content (AvgIpc) is 2.94. The molecule has 174 valence electrons. The molecule has 0 bridgehead atoms. The lowest BCUT2D eigenvalue weighted by Crippen LogP contribution is -2.01. The highest BCUT2D eigenvalue weighted by Crippen LogP contribution is 2.32. The maximum atomic E-state index is 13.2. The Bertz CT molecular complexity index is 1470. The van der Waals surface area contributed by atoms with E-state index in [0.717, 1.165) is 16.7 Å². The van der Waals surface area contributed by atoms with E-state index in [1.54, 1.807) is 24.3 Å². The Morgan fingerprint density at radius 1 is 0.722 bits per heavy atom. The molecule has 4 aromatic carbocycles. The van der Waals surface area contributed by atoms with Crippen LogP contribution >= 0.6 is 0 Å². The number of carbonyl (C=O) groups is 1. The van der Waals surface area contributed by atoms with Crippen molar-refractivity contribution < 1.29 is 9.72 Å². The van der Waals surface area contributed by atoms with Gasteiger partial charge in [-0.05, 0) is 40.5 Å². The monoisotopic (exact) mass is 470 g/mol. The van der Waals surface area contributed by atoms with Gasteiger partial charge in [0.15, 0.2) is 5.78 Å². The summed E-state index contributed by atoms with van der Waals surface area (Å²) in [7, 11) is 0. The van der Waals surface area contributed by atoms with Gasteiger partial charge in [-0.1, -0.05) is 91.0 Å². The van der Waals surface area contributed by atoms with Crippen molar-refractivity contribution in [2.45, 2.75) is 6.42 Å². The van der Waals surface area contributed by atoms with E-state index in [4.69, 9.17) is 0 Å². The number of ketones is 1. The third kappa shape index (κ3) is 5.69. The predicted molar refractivity (Wildman–Crippen MR) is 142 cm³/mol. The maximum absolute atomic E-state index is 13.2. The number of nitrogens with zero attached hydrogens (tertiary/aromatic N) is 2. The molecule has 5 heteroatoms. The summed E-state index contributed by atoms with van der Waals surface area (Å²) in [5, 5.41) is 21.3. The van der Waals surface area contributed by atoms with Crippen LogP contribution in [0.1, 0.15) is 33.5 Å². The minimum atomic E-state index is -0.472. The molecule has 0 aliphatic carbocycles. The van der Waals surface area contributed by atoms with E-state index in [9.17, 15) is 20.2 Å². The van der Waals surface area contributed by atoms with E-state index in [1.807, 2.05) is 84.9 Å². The Balaban J connectivity index is 1.90. The number of hydrogen-bond donors (Lipinski definition) is 0. The summed E-state index contributed by atoms with van der Waals surface area (Å²) in [6.07, 6.45) is 2.02. The van der Waals surface area contributed by atoms with Crippen molar-refractivity contribution in [3.05, 3.63) is 154 Å². The van der Waals surface area contributed by atoms with Crippen LogP contribution in [0.15, 0.2) is 121 Å². The van der Waals surface area contributed by atoms with Crippen molar-refractivity contribution in [3.63, 3.8) is 0 Å². The zero-order chi connectivity index (χ0) is 25.3. The third-order valence-electron chi connectivity index (χ3n) is 5.74. The number of rotatable bonds is 8. The topological polar surface area (TPSA) is 84.0 Å². The molecule has 0 aliphatic rings. The Morgan fingerprint density at radius 2 is 1.22 bits per heavy atom. The van der Waals surface area contributed by atoms with Gasteiger partial charge in [-0.25, -0.2) is 0 Å². The SMILES string of the molecule is N#C/C(=C(/C=C(\CC(=O)c1ccccc1)c1ccccc1)c1ccccc1)c1ccc([N+](=O)[O-])cc1. The molecule has 0 atom stereocenters. The maximum Gasteiger partial charge on any atom is 0.269 e. The van der Waals surface area contributed by atoms with Gasteiger partial charge in [0.2, 0.25) is 0 Å². The number of nitro groups is 1. The minimum absolute atomic E-state index is 0.0352. The smallest absolute Gasteiger partial charge is 0.269 e. The molecule has 0 radical (unpaired) electrons. The first-order valence-electron chi connectivity index (χ1n) is 11.4. The molecule has 0 saturated carbocycles. The van der Waals surface area contributed by atoms with E-state index in [0.29, 0.717) is 22.3 Å². The summed E-state index contributed by atoms with van der Waals surface area (Å²) >= 11 is 0. The fraction of sp³-hybridized carbons (Fsp3) is 0.0323. The number of hydrogen-bond acceptors (Lipinski definition) is 4. The summed E-state index contributed by atoms with van der Waals surface area (Å²) in [6, 6.07) is 36.3. The first-order valence-corrected chi connectivity index (χ1v) is 11.4. The number of nitro benzene ring substituents is 1. The molecule has 4 rings (SSSR count). The van der Waals surface area contributed by atoms with Crippen LogP contribution in [0.3, 0.4) is 0 Å². The van der Waals surface area contributed by atoms with E-state index in [2.05, 4.69) is 6.07 Å². The summed E-state index contributed by atoms with van der Waals surface area (Å²) in [4.78, 5) is 23.8. The molecule has 0 aliphatic heterocycles. The fourth-order valence-electron chi connectivity index (χ4n) is 3.91. The molecular weight excluding hydrogens is 448 g/mol. The Morgan fingerprint density at radius 3 is 1.72 bits per heavy atom. The van der Waals surface area contributed by atoms with Crippen molar-refractivity contribution in [1.29, 1.82) is 5.26 Å². The highest BCUT2D eigenvalue weighted by Gasteiger charge is 2.16. The fourth-order valence-corrected chi connectivity index (χ4v) is 3.91. The molecule has 36 heavy (non-hydrogen) atoms. The number of allylic oxidation sites excluding steroid dienone is 4. The Hall–Kier alpha value is -5.08. The van der Waals surface area contributed by atoms with Crippen molar-refractivity contribution in [2.24, 2.45) is 0 Å². The quantitative estimate of drug-likeness (QED) is 0.0671. The van der Waals surface area contributed by atoms with Crippen molar-refractivity contribution in [2.75, 3.05) is 0 Å². The van der Waals surface area contributed by atoms with E-state index in [1.165, 1.54) is 12.1 Å². The number of nitriles is 1. The second-order valence-corrected chi connectivity index (χ2v) is 8.07. The zero-order valence-corrected chi connectivity index (χ0v) is 19.4. The summed E-state index contributed by atoms with van der Waals surface area (Å²) in [6.45, 7) is 0. The van der Waals surface area contributed by atoms with E-state index < -0.39 is 4.92 Å². The third-order valence-corrected chi connectivity index (χ3v) is 5.74. The summed E-state index contributed by atoms with van der Waals surface area (Å²) in [5.41, 5.74) is 4.54. The van der Waals surface area contributed by atoms with Crippen LogP contribution in [0.4, 0.5) is 5.69 Å². The van der Waals surface area contributed by atoms with Gasteiger partial charge in [0.1, 0.15) is 6.07 Å². The van der Waals surface area contributed by atoms with Crippen LogP contribution in [0.2, 0.25) is 0 Å². The highest BCUT2D eigenvalue weighted by molar-refractivity contribution is 6.07. The van der Waals surface area contributed by atoms with Crippen LogP contribution < -0.4 is 0 Å². The van der Waals surface area contributed by atoms with Gasteiger partial charge in [-0.15, -0.1) is 0 Å². The van der Waals surface area contributed by atoms with Crippen LogP contribution in [-0.2, 0) is 0 Å². The van der Waals surface area contributed by atoms with Gasteiger partial charge in [0.25, 0.3) is 5.69 Å². The largest absolute Gasteiger partial charge is 0.294 e. The molecule has 0 unspecified atom stereocenters. The Labute approximate surface area is 209 Å². The normalized spacial score (nSPS) is 11.8. The molecule has 0 heterocycles. The van der Waals surface area contributed by atoms with Gasteiger partial charge in [-0.2, -0.15) is 5.26 Å². The van der Waals surface area contributed by atoms with Crippen molar-refractivity contribution in [1.82, 2.24) is 0 Å². The first kappa shape index (κ1) is 24.1. The lowest BCUT2D eigenvalue weighted by molar-refractivity contribution is -0.384. The molecule has 5 nitrogen and oxygen atoms in total. The predicted octanol–water partition coefficient (Wildman–Crippen LogP) is 7.39. The minimum Gasteiger partial charge on any atom is -0.294 e. The Kier molecular flexibility index (Phi) is 7.60. The van der Waals surface area contributed by atoms with Crippen molar-refractivity contribution >= 4 is 28.2 Å². The van der Waals surface area contributed by atoms with Crippen LogP contribution in [0.25, 0.3) is 16.7 Å². The molecule has 0 saturated heterocycles. The average molecular weight is 471 g/mol. The van der Waals surface area contributed by atoms with Crippen LogP contribution in [-0.4, -0.2) is 10.7 Å². The highest BCUT2D eigenvalue weighted by atomic mass is 16.6. The molecule has 0 spiro atoms. The number of non-ortho nitro benzene ring substituents is 1. The summed E-state index contributed by atoms with van der Waals surface area (Å²) in [5.74, 6) is -0.0352. The lowest BCUT2D eigenvalue weighted by Gasteiger charge is -2.13. The molecule has 4 aromatic rings. The molecular formula is C31H22N2O3. The van der Waals surface area contributed by atoms with Gasteiger partial charge in [0, 0.05) is 29.7 Å². The second-order valence-electron chi connectivity index (χ2n) is 8.07. The van der Waals surface area contributed by atoms with Gasteiger partial charge in [0.05, 0.1) is 10.5 Å². The van der Waals surface area contributed by atoms with Crippen LogP contribution in [0.5, 0.6) is 0 Å². The number of benzene rings is 4. The van der Waals surface area contributed by atoms with Gasteiger partial charge < -0.3 is 0 Å². The molecule has 0 aromatic heterocycles. The summed E-state index contributed by atoms with van der Waals surface area (Å²) < 4.78 is 0. The number of Topliss-reactive ketones (excluding diaryl/α,β-unsaturated/α-hetero) is 1. The molecule has 0 N–H and O–H groups in total. The number of carbonyl (C=O) groups excluding carboxylic acids is 1.